The van der Waals surface area contributed by atoms with E-state index >= 15 is 0 Å². The van der Waals surface area contributed by atoms with Crippen LogP contribution in [0.2, 0.25) is 0 Å². The lowest BCUT2D eigenvalue weighted by Gasteiger charge is -2.14. The number of nitrogens with two attached hydrogens (primary N) is 1. The molecular weight excluding hydrogens is 231 g/mol. The van der Waals surface area contributed by atoms with Crippen molar-refractivity contribution in [1.82, 2.24) is 9.55 Å². The SMILES string of the molecule is CC(C)n1c(C(F)(F)F)nc2cc(N)ccc21. The number of imidazole rings is 1. The van der Waals surface area contributed by atoms with Crippen molar-refractivity contribution in [1.29, 1.82) is 0 Å². The zero-order valence-electron chi connectivity index (χ0n) is 9.42. The van der Waals surface area contributed by atoms with Gasteiger partial charge in [0.15, 0.2) is 0 Å². The van der Waals surface area contributed by atoms with Crippen LogP contribution >= 0.6 is 0 Å². The molecule has 2 aromatic rings. The fraction of sp³-hybridized carbons (Fsp3) is 0.364. The van der Waals surface area contributed by atoms with Crippen LogP contribution in [0.25, 0.3) is 11.0 Å². The summed E-state index contributed by atoms with van der Waals surface area (Å²) in [6.07, 6.45) is -4.46. The monoisotopic (exact) mass is 243 g/mol. The molecule has 1 heterocycles. The Labute approximate surface area is 96.0 Å². The Hall–Kier alpha value is -1.72. The molecule has 6 heteroatoms. The van der Waals surface area contributed by atoms with Crippen molar-refractivity contribution in [2.45, 2.75) is 26.1 Å². The molecule has 0 spiro atoms. The van der Waals surface area contributed by atoms with Gasteiger partial charge in [0.2, 0.25) is 5.82 Å². The molecule has 0 fully saturated rings. The summed E-state index contributed by atoms with van der Waals surface area (Å²) in [5.41, 5.74) is 6.66. The van der Waals surface area contributed by atoms with Crippen molar-refractivity contribution in [3.8, 4) is 0 Å². The molecule has 0 aliphatic rings. The van der Waals surface area contributed by atoms with Crippen LogP contribution in [0, 0.1) is 0 Å². The van der Waals surface area contributed by atoms with Crippen molar-refractivity contribution in [2.24, 2.45) is 0 Å². The van der Waals surface area contributed by atoms with E-state index in [0.29, 0.717) is 11.2 Å². The summed E-state index contributed by atoms with van der Waals surface area (Å²) < 4.78 is 39.7. The molecule has 0 bridgehead atoms. The third kappa shape index (κ3) is 1.94. The zero-order valence-corrected chi connectivity index (χ0v) is 9.42. The maximum Gasteiger partial charge on any atom is 0.449 e. The Balaban J connectivity index is 2.80. The minimum Gasteiger partial charge on any atom is -0.399 e. The molecule has 0 atom stereocenters. The number of alkyl halides is 3. The van der Waals surface area contributed by atoms with E-state index in [1.807, 2.05) is 0 Å². The quantitative estimate of drug-likeness (QED) is 0.781. The summed E-state index contributed by atoms with van der Waals surface area (Å²) in [5, 5.41) is 0. The summed E-state index contributed by atoms with van der Waals surface area (Å²) >= 11 is 0. The second-order valence-electron chi connectivity index (χ2n) is 4.15. The minimum absolute atomic E-state index is 0.269. The topological polar surface area (TPSA) is 43.8 Å². The summed E-state index contributed by atoms with van der Waals surface area (Å²) in [6.45, 7) is 3.37. The lowest BCUT2D eigenvalue weighted by molar-refractivity contribution is -0.147. The van der Waals surface area contributed by atoms with Crippen LogP contribution in [0.4, 0.5) is 18.9 Å². The van der Waals surface area contributed by atoms with Crippen LogP contribution in [0.3, 0.4) is 0 Å². The Bertz CT molecular complexity index is 555. The molecule has 17 heavy (non-hydrogen) atoms. The molecule has 0 amide bonds. The molecule has 0 aliphatic carbocycles. The normalized spacial score (nSPS) is 12.6. The summed E-state index contributed by atoms with van der Waals surface area (Å²) in [5.74, 6) is -0.881. The number of nitrogen functional groups attached to an aromatic ring is 1. The third-order valence-electron chi connectivity index (χ3n) is 2.48. The van der Waals surface area contributed by atoms with Crippen molar-refractivity contribution in [2.75, 3.05) is 5.73 Å². The average Bonchev–Trinajstić information content (AvgIpc) is 2.55. The van der Waals surface area contributed by atoms with E-state index in [4.69, 9.17) is 5.73 Å². The Morgan fingerprint density at radius 1 is 1.29 bits per heavy atom. The average molecular weight is 243 g/mol. The number of hydrogen-bond donors (Lipinski definition) is 1. The number of anilines is 1. The van der Waals surface area contributed by atoms with Gasteiger partial charge in [-0.25, -0.2) is 4.98 Å². The van der Waals surface area contributed by atoms with E-state index in [0.717, 1.165) is 0 Å². The fourth-order valence-electron chi connectivity index (χ4n) is 1.84. The van der Waals surface area contributed by atoms with Gasteiger partial charge >= 0.3 is 6.18 Å². The lowest BCUT2D eigenvalue weighted by atomic mass is 10.2. The van der Waals surface area contributed by atoms with E-state index < -0.39 is 12.0 Å². The van der Waals surface area contributed by atoms with Gasteiger partial charge in [-0.2, -0.15) is 13.2 Å². The van der Waals surface area contributed by atoms with Gasteiger partial charge in [0, 0.05) is 11.7 Å². The summed E-state index contributed by atoms with van der Waals surface area (Å²) in [6, 6.07) is 4.26. The number of halogens is 3. The highest BCUT2D eigenvalue weighted by molar-refractivity contribution is 5.80. The first-order chi connectivity index (χ1) is 7.80. The number of fused-ring (bicyclic) bond motifs is 1. The molecule has 0 radical (unpaired) electrons. The van der Waals surface area contributed by atoms with Gasteiger partial charge in [0.05, 0.1) is 11.0 Å². The highest BCUT2D eigenvalue weighted by atomic mass is 19.4. The molecule has 3 nitrogen and oxygen atoms in total. The van der Waals surface area contributed by atoms with Crippen LogP contribution in [0.15, 0.2) is 18.2 Å². The van der Waals surface area contributed by atoms with Gasteiger partial charge in [-0.3, -0.25) is 0 Å². The van der Waals surface area contributed by atoms with Crippen molar-refractivity contribution in [3.63, 3.8) is 0 Å². The van der Waals surface area contributed by atoms with Gasteiger partial charge < -0.3 is 10.3 Å². The number of nitrogens with zero attached hydrogens (tertiary/aromatic N) is 2. The first kappa shape index (κ1) is 11.8. The van der Waals surface area contributed by atoms with Crippen LogP contribution in [-0.4, -0.2) is 9.55 Å². The van der Waals surface area contributed by atoms with Crippen molar-refractivity contribution in [3.05, 3.63) is 24.0 Å². The second-order valence-corrected chi connectivity index (χ2v) is 4.15. The summed E-state index contributed by atoms with van der Waals surface area (Å²) in [7, 11) is 0. The number of benzene rings is 1. The smallest absolute Gasteiger partial charge is 0.399 e. The molecule has 0 aliphatic heterocycles. The van der Waals surface area contributed by atoms with Crippen LogP contribution in [0.1, 0.15) is 25.7 Å². The number of hydrogen-bond acceptors (Lipinski definition) is 2. The molecule has 2 rings (SSSR count). The molecule has 1 aromatic carbocycles. The highest BCUT2D eigenvalue weighted by Crippen LogP contribution is 2.34. The Morgan fingerprint density at radius 2 is 1.94 bits per heavy atom. The van der Waals surface area contributed by atoms with Crippen molar-refractivity contribution < 1.29 is 13.2 Å². The van der Waals surface area contributed by atoms with Gasteiger partial charge in [0.1, 0.15) is 0 Å². The van der Waals surface area contributed by atoms with Crippen LogP contribution in [-0.2, 0) is 6.18 Å². The molecule has 0 saturated carbocycles. The van der Waals surface area contributed by atoms with Gasteiger partial charge in [-0.05, 0) is 32.0 Å². The standard InChI is InChI=1S/C11H12F3N3/c1-6(2)17-9-4-3-7(15)5-8(9)16-10(17)11(12,13)14/h3-6H,15H2,1-2H3. The number of aromatic nitrogens is 2. The minimum atomic E-state index is -4.46. The Kier molecular flexibility index (Phi) is 2.52. The molecule has 92 valence electrons. The first-order valence-electron chi connectivity index (χ1n) is 5.15. The molecule has 0 saturated heterocycles. The zero-order chi connectivity index (χ0) is 12.8. The predicted molar refractivity (Wildman–Crippen MR) is 59.5 cm³/mol. The molecular formula is C11H12F3N3. The largest absolute Gasteiger partial charge is 0.449 e. The predicted octanol–water partition coefficient (Wildman–Crippen LogP) is 3.22. The lowest BCUT2D eigenvalue weighted by Crippen LogP contribution is -2.16. The van der Waals surface area contributed by atoms with E-state index in [1.54, 1.807) is 26.0 Å². The van der Waals surface area contributed by atoms with E-state index in [2.05, 4.69) is 4.98 Å². The maximum absolute atomic E-state index is 12.8. The summed E-state index contributed by atoms with van der Waals surface area (Å²) in [4.78, 5) is 3.62. The van der Waals surface area contributed by atoms with Gasteiger partial charge in [-0.1, -0.05) is 0 Å². The molecule has 2 N–H and O–H groups in total. The van der Waals surface area contributed by atoms with Crippen LogP contribution in [0.5, 0.6) is 0 Å². The molecule has 1 aromatic heterocycles. The van der Waals surface area contributed by atoms with Crippen molar-refractivity contribution >= 4 is 16.7 Å². The number of rotatable bonds is 1. The Morgan fingerprint density at radius 3 is 2.47 bits per heavy atom. The van der Waals surface area contributed by atoms with Gasteiger partial charge in [0.25, 0.3) is 0 Å². The van der Waals surface area contributed by atoms with E-state index in [-0.39, 0.29) is 11.6 Å². The highest BCUT2D eigenvalue weighted by Gasteiger charge is 2.38. The fourth-order valence-corrected chi connectivity index (χ4v) is 1.84. The maximum atomic E-state index is 12.8. The van der Waals surface area contributed by atoms with Gasteiger partial charge in [-0.15, -0.1) is 0 Å². The third-order valence-corrected chi connectivity index (χ3v) is 2.48. The van der Waals surface area contributed by atoms with E-state index in [9.17, 15) is 13.2 Å². The second kappa shape index (κ2) is 3.65. The molecule has 0 unspecified atom stereocenters. The first-order valence-corrected chi connectivity index (χ1v) is 5.15. The van der Waals surface area contributed by atoms with E-state index in [1.165, 1.54) is 10.6 Å². The van der Waals surface area contributed by atoms with Crippen LogP contribution < -0.4 is 5.73 Å².